The van der Waals surface area contributed by atoms with Crippen LogP contribution in [0.2, 0.25) is 0 Å². The summed E-state index contributed by atoms with van der Waals surface area (Å²) in [6, 6.07) is 3.10. The molecule has 0 atom stereocenters. The Balaban J connectivity index is 1.49. The molecule has 1 aromatic rings. The van der Waals surface area contributed by atoms with E-state index in [9.17, 15) is 22.4 Å². The van der Waals surface area contributed by atoms with Crippen LogP contribution >= 0.6 is 0 Å². The Morgan fingerprint density at radius 2 is 2.00 bits per heavy atom. The van der Waals surface area contributed by atoms with E-state index in [-0.39, 0.29) is 18.2 Å². The Morgan fingerprint density at radius 3 is 2.58 bits per heavy atom. The number of rotatable bonds is 4. The predicted octanol–water partition coefficient (Wildman–Crippen LogP) is 3.86. The molecule has 2 aliphatic rings. The molecule has 1 aromatic carbocycles. The van der Waals surface area contributed by atoms with Crippen LogP contribution in [0.5, 0.6) is 5.75 Å². The third-order valence-corrected chi connectivity index (χ3v) is 4.82. The van der Waals surface area contributed by atoms with Gasteiger partial charge in [0.15, 0.2) is 11.6 Å². The molecular weight excluding hydrogens is 328 g/mol. The molecule has 0 aromatic heterocycles. The van der Waals surface area contributed by atoms with Gasteiger partial charge >= 0.3 is 12.4 Å². The molecule has 2 amide bonds. The number of carbonyl (C=O) groups excluding carboxylic acids is 1. The van der Waals surface area contributed by atoms with Crippen molar-refractivity contribution in [3.63, 3.8) is 0 Å². The zero-order chi connectivity index (χ0) is 17.4. The van der Waals surface area contributed by atoms with Gasteiger partial charge in [0.2, 0.25) is 0 Å². The van der Waals surface area contributed by atoms with Crippen molar-refractivity contribution in [2.75, 3.05) is 0 Å². The fourth-order valence-electron chi connectivity index (χ4n) is 3.48. The molecule has 2 aliphatic carbocycles. The summed E-state index contributed by atoms with van der Waals surface area (Å²) >= 11 is 0. The molecular formula is C16H18F4N2O2. The second-order valence-electron chi connectivity index (χ2n) is 6.56. The minimum Gasteiger partial charge on any atom is -0.403 e. The van der Waals surface area contributed by atoms with Gasteiger partial charge in [-0.15, -0.1) is 13.2 Å². The van der Waals surface area contributed by atoms with Gasteiger partial charge in [0.25, 0.3) is 0 Å². The summed E-state index contributed by atoms with van der Waals surface area (Å²) in [6.07, 6.45) is 0.627. The summed E-state index contributed by atoms with van der Waals surface area (Å²) in [7, 11) is 0. The third-order valence-electron chi connectivity index (χ3n) is 4.82. The topological polar surface area (TPSA) is 50.4 Å². The van der Waals surface area contributed by atoms with E-state index in [1.807, 2.05) is 0 Å². The van der Waals surface area contributed by atoms with Crippen LogP contribution in [0, 0.1) is 11.2 Å². The number of benzene rings is 1. The molecule has 0 aliphatic heterocycles. The summed E-state index contributed by atoms with van der Waals surface area (Å²) in [6.45, 7) is -0.218. The second kappa shape index (κ2) is 6.14. The first-order chi connectivity index (χ1) is 11.3. The van der Waals surface area contributed by atoms with E-state index in [4.69, 9.17) is 0 Å². The largest absolute Gasteiger partial charge is 0.573 e. The maximum atomic E-state index is 14.0. The molecule has 8 heteroatoms. The Kier molecular flexibility index (Phi) is 4.31. The summed E-state index contributed by atoms with van der Waals surface area (Å²) in [4.78, 5) is 11.8. The highest BCUT2D eigenvalue weighted by atomic mass is 19.4. The monoisotopic (exact) mass is 346 g/mol. The fraction of sp³-hybridized carbons (Fsp3) is 0.562. The lowest BCUT2D eigenvalue weighted by atomic mass is 9.54. The van der Waals surface area contributed by atoms with Gasteiger partial charge in [-0.1, -0.05) is 18.6 Å². The standard InChI is InChI=1S/C16H18F4N2O2/c17-13-10(3-1-4-12(13)24-16(18,19)20)9-21-14(23)22-11-7-15(8-11)5-2-6-15/h1,3-4,11H,2,5-9H2,(H2,21,22,23). The molecule has 0 radical (unpaired) electrons. The van der Waals surface area contributed by atoms with Gasteiger partial charge in [0.1, 0.15) is 0 Å². The minimum absolute atomic E-state index is 0.0732. The van der Waals surface area contributed by atoms with Crippen molar-refractivity contribution in [3.05, 3.63) is 29.6 Å². The number of urea groups is 1. The number of ether oxygens (including phenoxy) is 1. The number of carbonyl (C=O) groups is 1. The van der Waals surface area contributed by atoms with Gasteiger partial charge in [-0.25, -0.2) is 9.18 Å². The minimum atomic E-state index is -4.97. The molecule has 4 nitrogen and oxygen atoms in total. The SMILES string of the molecule is O=C(NCc1cccc(OC(F)(F)F)c1F)NC1CC2(CCC2)C1. The Bertz CT molecular complexity index is 621. The van der Waals surface area contributed by atoms with E-state index in [0.717, 1.165) is 18.9 Å². The van der Waals surface area contributed by atoms with Crippen LogP contribution in [0.1, 0.15) is 37.7 Å². The van der Waals surface area contributed by atoms with Crippen molar-refractivity contribution in [2.45, 2.75) is 51.1 Å². The third kappa shape index (κ3) is 3.73. The highest BCUT2D eigenvalue weighted by Crippen LogP contribution is 2.55. The van der Waals surface area contributed by atoms with Gasteiger partial charge in [0, 0.05) is 18.2 Å². The van der Waals surface area contributed by atoms with Crippen molar-refractivity contribution >= 4 is 6.03 Å². The fourth-order valence-corrected chi connectivity index (χ4v) is 3.48. The molecule has 2 N–H and O–H groups in total. The Hall–Kier alpha value is -1.99. The van der Waals surface area contributed by atoms with E-state index < -0.39 is 24.0 Å². The van der Waals surface area contributed by atoms with Crippen molar-refractivity contribution < 1.29 is 27.1 Å². The van der Waals surface area contributed by atoms with Gasteiger partial charge in [-0.3, -0.25) is 0 Å². The molecule has 3 rings (SSSR count). The Labute approximate surface area is 136 Å². The van der Waals surface area contributed by atoms with E-state index in [1.165, 1.54) is 31.4 Å². The van der Waals surface area contributed by atoms with E-state index in [2.05, 4.69) is 15.4 Å². The molecule has 0 unspecified atom stereocenters. The first-order valence-corrected chi connectivity index (χ1v) is 7.84. The van der Waals surface area contributed by atoms with Crippen molar-refractivity contribution in [2.24, 2.45) is 5.41 Å². The highest BCUT2D eigenvalue weighted by molar-refractivity contribution is 5.74. The van der Waals surface area contributed by atoms with Crippen LogP contribution in [0.15, 0.2) is 18.2 Å². The first kappa shape index (κ1) is 16.9. The van der Waals surface area contributed by atoms with Crippen LogP contribution in [0.25, 0.3) is 0 Å². The van der Waals surface area contributed by atoms with Crippen molar-refractivity contribution in [3.8, 4) is 5.75 Å². The van der Waals surface area contributed by atoms with E-state index >= 15 is 0 Å². The smallest absolute Gasteiger partial charge is 0.403 e. The summed E-state index contributed by atoms with van der Waals surface area (Å²) in [5.74, 6) is -2.04. The predicted molar refractivity (Wildman–Crippen MR) is 77.8 cm³/mol. The molecule has 132 valence electrons. The van der Waals surface area contributed by atoms with Gasteiger partial charge in [-0.05, 0) is 37.2 Å². The molecule has 0 saturated heterocycles. The van der Waals surface area contributed by atoms with Crippen LogP contribution in [-0.4, -0.2) is 18.4 Å². The zero-order valence-corrected chi connectivity index (χ0v) is 12.9. The lowest BCUT2D eigenvalue weighted by Crippen LogP contribution is -2.55. The second-order valence-corrected chi connectivity index (χ2v) is 6.56. The summed E-state index contributed by atoms with van der Waals surface area (Å²) in [5, 5.41) is 5.26. The normalized spacial score (nSPS) is 19.3. The van der Waals surface area contributed by atoms with Crippen molar-refractivity contribution in [1.29, 1.82) is 0 Å². The lowest BCUT2D eigenvalue weighted by Gasteiger charge is -2.54. The molecule has 0 heterocycles. The number of halogens is 4. The number of alkyl halides is 3. The molecule has 1 spiro atoms. The lowest BCUT2D eigenvalue weighted by molar-refractivity contribution is -0.275. The highest BCUT2D eigenvalue weighted by Gasteiger charge is 2.48. The maximum absolute atomic E-state index is 14.0. The van der Waals surface area contributed by atoms with Gasteiger partial charge < -0.3 is 15.4 Å². The number of nitrogens with one attached hydrogen (secondary N) is 2. The van der Waals surface area contributed by atoms with Crippen LogP contribution in [0.4, 0.5) is 22.4 Å². The molecule has 0 bridgehead atoms. The maximum Gasteiger partial charge on any atom is 0.573 e. The van der Waals surface area contributed by atoms with Gasteiger partial charge in [0.05, 0.1) is 0 Å². The summed E-state index contributed by atoms with van der Waals surface area (Å²) < 4.78 is 54.1. The quantitative estimate of drug-likeness (QED) is 0.814. The summed E-state index contributed by atoms with van der Waals surface area (Å²) in [5.41, 5.74) is 0.351. The van der Waals surface area contributed by atoms with E-state index in [0.29, 0.717) is 5.41 Å². The van der Waals surface area contributed by atoms with E-state index in [1.54, 1.807) is 0 Å². The van der Waals surface area contributed by atoms with Crippen LogP contribution in [0.3, 0.4) is 0 Å². The average Bonchev–Trinajstić information content (AvgIpc) is 2.40. The zero-order valence-electron chi connectivity index (χ0n) is 12.9. The molecule has 2 fully saturated rings. The van der Waals surface area contributed by atoms with Crippen LogP contribution < -0.4 is 15.4 Å². The van der Waals surface area contributed by atoms with Crippen LogP contribution in [-0.2, 0) is 6.54 Å². The number of amides is 2. The number of hydrogen-bond donors (Lipinski definition) is 2. The van der Waals surface area contributed by atoms with Crippen molar-refractivity contribution in [1.82, 2.24) is 10.6 Å². The Morgan fingerprint density at radius 1 is 1.29 bits per heavy atom. The first-order valence-electron chi connectivity index (χ1n) is 7.84. The number of hydrogen-bond acceptors (Lipinski definition) is 2. The van der Waals surface area contributed by atoms with Gasteiger partial charge in [-0.2, -0.15) is 0 Å². The average molecular weight is 346 g/mol. The molecule has 24 heavy (non-hydrogen) atoms. The molecule has 2 saturated carbocycles.